The number of rotatable bonds is 3. The van der Waals surface area contributed by atoms with Crippen molar-refractivity contribution in [3.63, 3.8) is 0 Å². The van der Waals surface area contributed by atoms with E-state index in [1.807, 2.05) is 13.8 Å². The molecule has 2 aliphatic carbocycles. The molecule has 20 heavy (non-hydrogen) atoms. The van der Waals surface area contributed by atoms with E-state index < -0.39 is 29.7 Å². The van der Waals surface area contributed by atoms with Crippen molar-refractivity contribution in [2.24, 2.45) is 23.2 Å². The van der Waals surface area contributed by atoms with E-state index in [0.29, 0.717) is 18.9 Å². The van der Waals surface area contributed by atoms with Gasteiger partial charge in [0, 0.05) is 18.4 Å². The molecule has 0 aromatic heterocycles. The summed E-state index contributed by atoms with van der Waals surface area (Å²) in [5, 5.41) is 12.0. The summed E-state index contributed by atoms with van der Waals surface area (Å²) in [7, 11) is 0. The molecule has 2 saturated carbocycles. The molecule has 1 amide bonds. The maximum Gasteiger partial charge on any atom is 0.407 e. The van der Waals surface area contributed by atoms with Gasteiger partial charge < -0.3 is 14.8 Å². The van der Waals surface area contributed by atoms with E-state index >= 15 is 0 Å². The summed E-state index contributed by atoms with van der Waals surface area (Å²) in [5.74, 6) is -0.155. The van der Waals surface area contributed by atoms with Crippen molar-refractivity contribution in [2.75, 3.05) is 6.54 Å². The van der Waals surface area contributed by atoms with Crippen LogP contribution in [-0.2, 0) is 14.3 Å². The molecule has 3 rings (SSSR count). The van der Waals surface area contributed by atoms with Crippen molar-refractivity contribution in [1.82, 2.24) is 5.32 Å². The third kappa shape index (κ3) is 1.69. The minimum atomic E-state index is -0.983. The lowest BCUT2D eigenvalue weighted by molar-refractivity contribution is -0.147. The summed E-state index contributed by atoms with van der Waals surface area (Å²) >= 11 is 0. The second-order valence-electron chi connectivity index (χ2n) is 6.40. The molecule has 3 aliphatic rings. The highest BCUT2D eigenvalue weighted by atomic mass is 16.6. The van der Waals surface area contributed by atoms with Gasteiger partial charge >= 0.3 is 12.1 Å². The normalized spacial score (nSPS) is 40.6. The fourth-order valence-corrected chi connectivity index (χ4v) is 3.74. The third-order valence-corrected chi connectivity index (χ3v) is 4.66. The van der Waals surface area contributed by atoms with E-state index in [2.05, 4.69) is 11.4 Å². The molecule has 0 aromatic carbocycles. The summed E-state index contributed by atoms with van der Waals surface area (Å²) in [6.45, 7) is 4.54. The quantitative estimate of drug-likeness (QED) is 0.784. The van der Waals surface area contributed by atoms with Crippen LogP contribution in [0.4, 0.5) is 4.79 Å². The highest BCUT2D eigenvalue weighted by Crippen LogP contribution is 2.62. The zero-order valence-corrected chi connectivity index (χ0v) is 11.6. The van der Waals surface area contributed by atoms with Gasteiger partial charge in [0.15, 0.2) is 5.41 Å². The average Bonchev–Trinajstić information content (AvgIpc) is 2.98. The molecule has 6 heteroatoms. The molecule has 3 fully saturated rings. The van der Waals surface area contributed by atoms with E-state index in [1.54, 1.807) is 0 Å². The Bertz CT molecular complexity index is 498. The maximum atomic E-state index is 11.9. The van der Waals surface area contributed by atoms with Gasteiger partial charge in [-0.15, -0.1) is 0 Å². The molecule has 2 bridgehead atoms. The maximum absolute atomic E-state index is 11.9. The van der Waals surface area contributed by atoms with Gasteiger partial charge in [-0.3, -0.25) is 4.79 Å². The first-order valence-corrected chi connectivity index (χ1v) is 7.04. The van der Waals surface area contributed by atoms with Crippen LogP contribution in [0.5, 0.6) is 0 Å². The predicted octanol–water partition coefficient (Wildman–Crippen LogP) is 1.21. The number of hydrogen-bond acceptors (Lipinski definition) is 5. The summed E-state index contributed by atoms with van der Waals surface area (Å²) in [4.78, 5) is 23.6. The number of nitriles is 1. The topological polar surface area (TPSA) is 88.4 Å². The fourth-order valence-electron chi connectivity index (χ4n) is 3.74. The van der Waals surface area contributed by atoms with Gasteiger partial charge in [0.1, 0.15) is 12.2 Å². The first-order chi connectivity index (χ1) is 9.48. The Hall–Kier alpha value is -1.77. The molecule has 0 spiro atoms. The van der Waals surface area contributed by atoms with Gasteiger partial charge in [-0.1, -0.05) is 13.8 Å². The Labute approximate surface area is 117 Å². The second kappa shape index (κ2) is 4.37. The molecule has 1 heterocycles. The summed E-state index contributed by atoms with van der Waals surface area (Å²) < 4.78 is 10.7. The van der Waals surface area contributed by atoms with E-state index in [0.717, 1.165) is 6.42 Å². The number of alkyl carbamates (subject to hydrolysis) is 1. The Balaban J connectivity index is 1.67. The average molecular weight is 278 g/mol. The molecular weight excluding hydrogens is 260 g/mol. The lowest BCUT2D eigenvalue weighted by Crippen LogP contribution is -2.42. The van der Waals surface area contributed by atoms with Crippen molar-refractivity contribution in [1.29, 1.82) is 5.26 Å². The lowest BCUT2D eigenvalue weighted by Gasteiger charge is -2.27. The standard InChI is InChI=1S/C14H18N2O4/c1-7(2)5-16-13(18)20-10-8-3-9-11(10)19-12(17)14(9,4-8)6-15/h7-11H,3-5H2,1-2H3,(H,16,18). The molecule has 0 aromatic rings. The van der Waals surface area contributed by atoms with Gasteiger partial charge in [0.2, 0.25) is 0 Å². The van der Waals surface area contributed by atoms with Crippen LogP contribution < -0.4 is 5.32 Å². The first-order valence-electron chi connectivity index (χ1n) is 7.04. The molecule has 5 atom stereocenters. The number of fused-ring (bicyclic) bond motifs is 1. The fraction of sp³-hybridized carbons (Fsp3) is 0.786. The Morgan fingerprint density at radius 3 is 3.05 bits per heavy atom. The van der Waals surface area contributed by atoms with Crippen LogP contribution in [0.25, 0.3) is 0 Å². The van der Waals surface area contributed by atoms with E-state index in [1.165, 1.54) is 0 Å². The highest BCUT2D eigenvalue weighted by molar-refractivity contribution is 5.84. The summed E-state index contributed by atoms with van der Waals surface area (Å²) in [6.07, 6.45) is -0.134. The molecule has 0 radical (unpaired) electrons. The van der Waals surface area contributed by atoms with E-state index in [9.17, 15) is 14.9 Å². The molecule has 108 valence electrons. The SMILES string of the molecule is CC(C)CNC(=O)OC1C2CC3C1OC(=O)C3(C#N)C2. The smallest absolute Gasteiger partial charge is 0.407 e. The number of esters is 1. The Kier molecular flexibility index (Phi) is 2.89. The van der Waals surface area contributed by atoms with Crippen LogP contribution >= 0.6 is 0 Å². The minimum absolute atomic E-state index is 0.0564. The van der Waals surface area contributed by atoms with Gasteiger partial charge in [-0.2, -0.15) is 5.26 Å². The van der Waals surface area contributed by atoms with Crippen LogP contribution in [0.3, 0.4) is 0 Å². The van der Waals surface area contributed by atoms with Crippen molar-refractivity contribution >= 4 is 12.1 Å². The monoisotopic (exact) mass is 278 g/mol. The summed E-state index contributed by atoms with van der Waals surface area (Å²) in [5.41, 5.74) is -0.983. The number of nitrogens with one attached hydrogen (secondary N) is 1. The van der Waals surface area contributed by atoms with E-state index in [4.69, 9.17) is 9.47 Å². The number of carbonyl (C=O) groups is 2. The molecule has 6 nitrogen and oxygen atoms in total. The number of hydrogen-bond donors (Lipinski definition) is 1. The first kappa shape index (κ1) is 13.2. The number of ether oxygens (including phenoxy) is 2. The van der Waals surface area contributed by atoms with Crippen LogP contribution in [0, 0.1) is 34.5 Å². The lowest BCUT2D eigenvalue weighted by atomic mass is 9.75. The van der Waals surface area contributed by atoms with Crippen LogP contribution in [-0.4, -0.2) is 30.8 Å². The number of nitrogens with zero attached hydrogens (tertiary/aromatic N) is 1. The van der Waals surface area contributed by atoms with Gasteiger partial charge in [0.05, 0.1) is 6.07 Å². The Morgan fingerprint density at radius 1 is 1.65 bits per heavy atom. The number of carbonyl (C=O) groups excluding carboxylic acids is 2. The van der Waals surface area contributed by atoms with Crippen LogP contribution in [0.1, 0.15) is 26.7 Å². The molecular formula is C14H18N2O4. The minimum Gasteiger partial charge on any atom is -0.457 e. The van der Waals surface area contributed by atoms with Crippen LogP contribution in [0.2, 0.25) is 0 Å². The zero-order valence-electron chi connectivity index (χ0n) is 11.6. The highest BCUT2D eigenvalue weighted by Gasteiger charge is 2.72. The summed E-state index contributed by atoms with van der Waals surface area (Å²) in [6, 6.07) is 2.13. The van der Waals surface area contributed by atoms with Gasteiger partial charge in [-0.05, 0) is 18.8 Å². The molecule has 5 unspecified atom stereocenters. The largest absolute Gasteiger partial charge is 0.457 e. The van der Waals surface area contributed by atoms with Crippen molar-refractivity contribution in [3.05, 3.63) is 0 Å². The zero-order chi connectivity index (χ0) is 14.5. The van der Waals surface area contributed by atoms with Crippen LogP contribution in [0.15, 0.2) is 0 Å². The van der Waals surface area contributed by atoms with Gasteiger partial charge in [0.25, 0.3) is 0 Å². The second-order valence-corrected chi connectivity index (χ2v) is 6.40. The molecule has 1 N–H and O–H groups in total. The molecule has 1 aliphatic heterocycles. The molecule has 1 saturated heterocycles. The number of amides is 1. The van der Waals surface area contributed by atoms with Crippen molar-refractivity contribution in [2.45, 2.75) is 38.9 Å². The Morgan fingerprint density at radius 2 is 2.40 bits per heavy atom. The predicted molar refractivity (Wildman–Crippen MR) is 67.2 cm³/mol. The van der Waals surface area contributed by atoms with Gasteiger partial charge in [-0.25, -0.2) is 4.79 Å². The van der Waals surface area contributed by atoms with Crippen molar-refractivity contribution in [3.8, 4) is 6.07 Å². The third-order valence-electron chi connectivity index (χ3n) is 4.66. The van der Waals surface area contributed by atoms with E-state index in [-0.39, 0.29) is 11.8 Å². The van der Waals surface area contributed by atoms with Crippen molar-refractivity contribution < 1.29 is 19.1 Å².